The van der Waals surface area contributed by atoms with E-state index in [4.69, 9.17) is 4.74 Å². The molecule has 3 aromatic carbocycles. The number of ether oxygens (including phenoxy) is 1. The van der Waals surface area contributed by atoms with Crippen LogP contribution in [0, 0.1) is 13.8 Å². The summed E-state index contributed by atoms with van der Waals surface area (Å²) in [4.78, 5) is 13.3. The molecule has 0 aliphatic heterocycles. The molecule has 0 spiro atoms. The Kier molecular flexibility index (Phi) is 4.83. The number of fused-ring (bicyclic) bond motifs is 2. The van der Waals surface area contributed by atoms with Crippen molar-refractivity contribution < 1.29 is 9.53 Å². The molecule has 7 nitrogen and oxygen atoms in total. The van der Waals surface area contributed by atoms with Gasteiger partial charge >= 0.3 is 0 Å². The Bertz CT molecular complexity index is 1420. The molecule has 8 heteroatoms. The lowest BCUT2D eigenvalue weighted by Gasteiger charge is -2.12. The molecule has 1 amide bonds. The normalized spacial score (nSPS) is 11.2. The molecule has 5 aromatic rings. The molecule has 154 valence electrons. The largest absolute Gasteiger partial charge is 0.483 e. The Morgan fingerprint density at radius 3 is 2.77 bits per heavy atom. The van der Waals surface area contributed by atoms with Crippen molar-refractivity contribution in [1.29, 1.82) is 0 Å². The molecular formula is C23H19N5O2S. The molecule has 0 radical (unpaired) electrons. The predicted molar refractivity (Wildman–Crippen MR) is 122 cm³/mol. The van der Waals surface area contributed by atoms with Gasteiger partial charge in [0.1, 0.15) is 10.8 Å². The summed E-state index contributed by atoms with van der Waals surface area (Å²) >= 11 is 1.45. The number of nitrogens with zero attached hydrogens (tertiary/aromatic N) is 4. The average molecular weight is 430 g/mol. The first-order chi connectivity index (χ1) is 15.1. The van der Waals surface area contributed by atoms with E-state index >= 15 is 0 Å². The molecule has 2 heterocycles. The van der Waals surface area contributed by atoms with E-state index < -0.39 is 0 Å². The fraction of sp³-hybridized carbons (Fsp3) is 0.130. The molecule has 0 saturated carbocycles. The molecule has 0 bridgehead atoms. The lowest BCUT2D eigenvalue weighted by Crippen LogP contribution is -2.20. The van der Waals surface area contributed by atoms with Crippen LogP contribution in [-0.4, -0.2) is 32.3 Å². The highest BCUT2D eigenvalue weighted by Crippen LogP contribution is 2.29. The number of nitrogens with one attached hydrogen (secondary N) is 1. The molecule has 0 atom stereocenters. The minimum atomic E-state index is -0.220. The van der Waals surface area contributed by atoms with Crippen molar-refractivity contribution in [3.63, 3.8) is 0 Å². The second kappa shape index (κ2) is 7.81. The Morgan fingerprint density at radius 2 is 1.90 bits per heavy atom. The number of hydrogen-bond acceptors (Lipinski definition) is 6. The van der Waals surface area contributed by atoms with Gasteiger partial charge in [-0.3, -0.25) is 4.79 Å². The Labute approximate surface area is 182 Å². The summed E-state index contributed by atoms with van der Waals surface area (Å²) in [6, 6.07) is 19.6. The van der Waals surface area contributed by atoms with Gasteiger partial charge in [0, 0.05) is 16.6 Å². The van der Waals surface area contributed by atoms with E-state index in [0.717, 1.165) is 43.4 Å². The van der Waals surface area contributed by atoms with Crippen LogP contribution >= 0.6 is 11.3 Å². The third-order valence-electron chi connectivity index (χ3n) is 5.01. The van der Waals surface area contributed by atoms with Crippen molar-refractivity contribution in [2.75, 3.05) is 11.9 Å². The summed E-state index contributed by atoms with van der Waals surface area (Å²) in [5.74, 6) is 1.21. The van der Waals surface area contributed by atoms with Crippen LogP contribution < -0.4 is 10.1 Å². The van der Waals surface area contributed by atoms with E-state index in [0.29, 0.717) is 5.75 Å². The third kappa shape index (κ3) is 3.73. The van der Waals surface area contributed by atoms with Crippen LogP contribution in [0.5, 0.6) is 5.75 Å². The lowest BCUT2D eigenvalue weighted by molar-refractivity contribution is -0.118. The van der Waals surface area contributed by atoms with Crippen molar-refractivity contribution in [3.8, 4) is 16.3 Å². The highest BCUT2D eigenvalue weighted by molar-refractivity contribution is 7.19. The van der Waals surface area contributed by atoms with Gasteiger partial charge in [0.25, 0.3) is 5.91 Å². The number of anilines is 1. The molecule has 31 heavy (non-hydrogen) atoms. The molecule has 0 saturated heterocycles. The number of carbonyl (C=O) groups is 1. The number of amides is 1. The number of hydrogen-bond donors (Lipinski definition) is 1. The molecule has 0 unspecified atom stereocenters. The number of rotatable bonds is 5. The first-order valence-electron chi connectivity index (χ1n) is 9.79. The summed E-state index contributed by atoms with van der Waals surface area (Å²) in [5, 5.41) is 18.5. The second-order valence-corrected chi connectivity index (χ2v) is 8.15. The Morgan fingerprint density at radius 1 is 1.06 bits per heavy atom. The van der Waals surface area contributed by atoms with Gasteiger partial charge in [-0.05, 0) is 36.9 Å². The zero-order valence-corrected chi connectivity index (χ0v) is 17.8. The van der Waals surface area contributed by atoms with Crippen molar-refractivity contribution >= 4 is 38.7 Å². The van der Waals surface area contributed by atoms with Gasteiger partial charge in [-0.1, -0.05) is 59.9 Å². The van der Waals surface area contributed by atoms with E-state index in [1.165, 1.54) is 11.3 Å². The third-order valence-corrected chi connectivity index (χ3v) is 5.96. The van der Waals surface area contributed by atoms with Crippen LogP contribution in [-0.2, 0) is 4.79 Å². The average Bonchev–Trinajstić information content (AvgIpc) is 3.36. The fourth-order valence-corrected chi connectivity index (χ4v) is 4.25. The molecule has 0 aliphatic carbocycles. The number of aryl methyl sites for hydroxylation is 2. The van der Waals surface area contributed by atoms with Crippen LogP contribution in [0.1, 0.15) is 11.4 Å². The molecular weight excluding hydrogens is 410 g/mol. The predicted octanol–water partition coefficient (Wildman–Crippen LogP) is 4.64. The fourth-order valence-electron chi connectivity index (χ4n) is 3.37. The summed E-state index contributed by atoms with van der Waals surface area (Å²) < 4.78 is 7.53. The van der Waals surface area contributed by atoms with Crippen molar-refractivity contribution in [3.05, 3.63) is 72.1 Å². The molecule has 2 aromatic heterocycles. The highest BCUT2D eigenvalue weighted by atomic mass is 32.1. The van der Waals surface area contributed by atoms with E-state index in [-0.39, 0.29) is 12.5 Å². The van der Waals surface area contributed by atoms with Crippen LogP contribution in [0.25, 0.3) is 26.3 Å². The maximum absolute atomic E-state index is 12.6. The van der Waals surface area contributed by atoms with Gasteiger partial charge in [0.05, 0.1) is 0 Å². The van der Waals surface area contributed by atoms with Crippen LogP contribution in [0.4, 0.5) is 5.69 Å². The first kappa shape index (κ1) is 19.2. The number of carbonyl (C=O) groups excluding carboxylic acids is 1. The van der Waals surface area contributed by atoms with E-state index in [1.807, 2.05) is 74.5 Å². The SMILES string of the molecule is Cc1ccc(-c2nn3c(C)nnc3s2)cc1NC(=O)COc1cccc2ccccc12. The second-order valence-electron chi connectivity index (χ2n) is 7.19. The quantitative estimate of drug-likeness (QED) is 0.440. The molecule has 0 fully saturated rings. The number of aromatic nitrogens is 4. The van der Waals surface area contributed by atoms with Gasteiger partial charge in [-0.25, -0.2) is 0 Å². The number of benzene rings is 3. The van der Waals surface area contributed by atoms with Gasteiger partial charge in [-0.2, -0.15) is 9.61 Å². The van der Waals surface area contributed by atoms with Crippen molar-refractivity contribution in [2.24, 2.45) is 0 Å². The van der Waals surface area contributed by atoms with Gasteiger partial charge in [0.2, 0.25) is 4.96 Å². The minimum Gasteiger partial charge on any atom is -0.483 e. The Hall–Kier alpha value is -3.78. The molecule has 5 rings (SSSR count). The molecule has 0 aliphatic rings. The topological polar surface area (TPSA) is 81.4 Å². The maximum atomic E-state index is 12.6. The monoisotopic (exact) mass is 429 g/mol. The smallest absolute Gasteiger partial charge is 0.262 e. The summed E-state index contributed by atoms with van der Waals surface area (Å²) in [7, 11) is 0. The lowest BCUT2D eigenvalue weighted by atomic mass is 10.1. The van der Waals surface area contributed by atoms with Crippen LogP contribution in [0.15, 0.2) is 60.7 Å². The van der Waals surface area contributed by atoms with E-state index in [9.17, 15) is 4.79 Å². The maximum Gasteiger partial charge on any atom is 0.262 e. The highest BCUT2D eigenvalue weighted by Gasteiger charge is 2.13. The standard InChI is InChI=1S/C23H19N5O2S/c1-14-10-11-17(22-27-28-15(2)25-26-23(28)31-22)12-19(14)24-21(29)13-30-20-9-5-7-16-6-3-4-8-18(16)20/h3-12H,13H2,1-2H3,(H,24,29). The Balaban J connectivity index is 1.33. The van der Waals surface area contributed by atoms with E-state index in [1.54, 1.807) is 4.52 Å². The van der Waals surface area contributed by atoms with E-state index in [2.05, 4.69) is 20.6 Å². The minimum absolute atomic E-state index is 0.0758. The van der Waals surface area contributed by atoms with Crippen molar-refractivity contribution in [2.45, 2.75) is 13.8 Å². The summed E-state index contributed by atoms with van der Waals surface area (Å²) in [6.45, 7) is 3.74. The van der Waals surface area contributed by atoms with Gasteiger partial charge in [0.15, 0.2) is 12.4 Å². The zero-order chi connectivity index (χ0) is 21.4. The van der Waals surface area contributed by atoms with Gasteiger partial charge < -0.3 is 10.1 Å². The summed E-state index contributed by atoms with van der Waals surface area (Å²) in [6.07, 6.45) is 0. The zero-order valence-electron chi connectivity index (χ0n) is 17.0. The van der Waals surface area contributed by atoms with Crippen LogP contribution in [0.2, 0.25) is 0 Å². The molecule has 1 N–H and O–H groups in total. The van der Waals surface area contributed by atoms with Crippen LogP contribution in [0.3, 0.4) is 0 Å². The first-order valence-corrected chi connectivity index (χ1v) is 10.6. The van der Waals surface area contributed by atoms with Crippen molar-refractivity contribution in [1.82, 2.24) is 19.8 Å². The summed E-state index contributed by atoms with van der Waals surface area (Å²) in [5.41, 5.74) is 2.60. The van der Waals surface area contributed by atoms with Gasteiger partial charge in [-0.15, -0.1) is 10.2 Å².